The maximum atomic E-state index is 4.93. The van der Waals surface area contributed by atoms with Gasteiger partial charge in [-0.05, 0) is 156 Å². The van der Waals surface area contributed by atoms with Crippen molar-refractivity contribution in [3.05, 3.63) is 161 Å². The fourth-order valence-corrected chi connectivity index (χ4v) is 11.6. The van der Waals surface area contributed by atoms with Gasteiger partial charge in [-0.1, -0.05) is 84.9 Å². The second-order valence-corrected chi connectivity index (χ2v) is 21.6. The van der Waals surface area contributed by atoms with Gasteiger partial charge in [0.15, 0.2) is 0 Å². The molecule has 4 aromatic carbocycles. The van der Waals surface area contributed by atoms with E-state index in [-0.39, 0.29) is 0 Å². The summed E-state index contributed by atoms with van der Waals surface area (Å²) in [4.78, 5) is 5.62. The Morgan fingerprint density at radius 2 is 0.942 bits per heavy atom. The predicted octanol–water partition coefficient (Wildman–Crippen LogP) is 14.9. The summed E-state index contributed by atoms with van der Waals surface area (Å²) >= 11 is 3.07. The molecule has 260 valence electrons. The third kappa shape index (κ3) is 7.42. The third-order valence-electron chi connectivity index (χ3n) is 10.8. The molecule has 0 amide bonds. The van der Waals surface area contributed by atoms with Crippen molar-refractivity contribution in [2.75, 3.05) is 0 Å². The monoisotopic (exact) mass is 846 g/mol. The molecule has 0 N–H and O–H groups in total. The van der Waals surface area contributed by atoms with E-state index in [1.54, 1.807) is 0 Å². The molecule has 0 aliphatic heterocycles. The number of aryl methyl sites for hydroxylation is 4. The van der Waals surface area contributed by atoms with E-state index in [0.29, 0.717) is 11.8 Å². The Morgan fingerprint density at radius 3 is 1.29 bits per heavy atom. The third-order valence-corrected chi connectivity index (χ3v) is 14.3. The number of allylic oxidation sites excluding steroid dienone is 2. The Labute approximate surface area is 339 Å². The fraction of sp³-hybridized carbons (Fsp3) is 0.217. The summed E-state index contributed by atoms with van der Waals surface area (Å²) in [6.45, 7) is 13.7. The molecule has 6 heteroatoms. The molecule has 2 aromatic heterocycles. The molecule has 0 bridgehead atoms. The van der Waals surface area contributed by atoms with Gasteiger partial charge in [-0.25, -0.2) is 0 Å². The molecule has 0 saturated carbocycles. The van der Waals surface area contributed by atoms with Gasteiger partial charge in [-0.15, -0.1) is 22.7 Å². The number of fused-ring (bicyclic) bond motifs is 2. The minimum absolute atomic E-state index is 0.407. The van der Waals surface area contributed by atoms with Crippen LogP contribution in [0.5, 0.6) is 0 Å². The van der Waals surface area contributed by atoms with E-state index in [2.05, 4.69) is 151 Å². The van der Waals surface area contributed by atoms with E-state index in [1.807, 2.05) is 22.7 Å². The van der Waals surface area contributed by atoms with Gasteiger partial charge in [0.05, 0.1) is 0 Å². The van der Waals surface area contributed by atoms with Crippen LogP contribution >= 0.6 is 39.7 Å². The van der Waals surface area contributed by atoms with Crippen LogP contribution in [0.4, 0.5) is 0 Å². The van der Waals surface area contributed by atoms with Crippen LogP contribution in [-0.2, 0) is 20.8 Å². The van der Waals surface area contributed by atoms with Crippen LogP contribution in [0.15, 0.2) is 97.1 Å². The Kier molecular flexibility index (Phi) is 11.9. The molecule has 2 radical (unpaired) electrons. The van der Waals surface area contributed by atoms with E-state index in [4.69, 9.17) is 17.0 Å². The predicted molar refractivity (Wildman–Crippen MR) is 229 cm³/mol. The van der Waals surface area contributed by atoms with E-state index >= 15 is 0 Å². The number of benzene rings is 4. The van der Waals surface area contributed by atoms with E-state index in [1.165, 1.54) is 110 Å². The van der Waals surface area contributed by atoms with Crippen LogP contribution in [0, 0.1) is 41.5 Å². The molecule has 2 unspecified atom stereocenters. The summed E-state index contributed by atoms with van der Waals surface area (Å²) in [6, 6.07) is 38.8. The van der Waals surface area contributed by atoms with Crippen LogP contribution in [0.25, 0.3) is 45.6 Å². The minimum atomic E-state index is -0.826. The SMILES string of the molecule is Cc1ccc(C2=Cc3c(cc(C)c(C)c3-c3ccccc3)C2C[Si]CC2C(c3ccc(C)s3)=Cc3c2cc(C)c(C)c3-c2ccccc2)s1.[Cl][Zr][Cl]. The van der Waals surface area contributed by atoms with E-state index in [9.17, 15) is 0 Å². The zero-order valence-electron chi connectivity index (χ0n) is 30.5. The quantitative estimate of drug-likeness (QED) is 0.134. The van der Waals surface area contributed by atoms with Gasteiger partial charge in [-0.3, -0.25) is 0 Å². The molecule has 2 heterocycles. The molecule has 2 aliphatic rings. The molecule has 0 saturated heterocycles. The topological polar surface area (TPSA) is 0 Å². The second-order valence-electron chi connectivity index (χ2n) is 14.0. The Morgan fingerprint density at radius 1 is 0.558 bits per heavy atom. The van der Waals surface area contributed by atoms with Crippen LogP contribution in [0.1, 0.15) is 75.9 Å². The van der Waals surface area contributed by atoms with Gasteiger partial charge < -0.3 is 0 Å². The normalized spacial score (nSPS) is 15.8. The van der Waals surface area contributed by atoms with Crippen molar-refractivity contribution in [2.24, 2.45) is 0 Å². The number of rotatable bonds is 8. The number of thiophene rings is 2. The van der Waals surface area contributed by atoms with Crippen LogP contribution in [-0.4, -0.2) is 9.52 Å². The van der Waals surface area contributed by atoms with Crippen molar-refractivity contribution in [2.45, 2.75) is 65.5 Å². The van der Waals surface area contributed by atoms with Gasteiger partial charge in [0, 0.05) is 40.9 Å². The zero-order valence-corrected chi connectivity index (χ0v) is 37.1. The van der Waals surface area contributed by atoms with Crippen LogP contribution in [0.2, 0.25) is 12.1 Å². The Hall–Kier alpha value is -2.56. The van der Waals surface area contributed by atoms with Crippen molar-refractivity contribution >= 4 is 72.5 Å². The summed E-state index contributed by atoms with van der Waals surface area (Å²) in [7, 11) is 10.7. The standard InChI is InChI=1S/C46H42S2Si.2ClH.Zr/c1-27-21-35-39(45(31(27)5)33-13-9-7-10-14-33)23-37(43-19-17-29(3)47-43)41(35)25-49-26-42-36-22-28(2)32(6)46(34-15-11-8-12-16-34)40(36)24-38(42)44-20-18-30(4)48-44;;;/h7-24,41-42H,25-26H2,1-6H3;2*1H;/q;;;+2/p-2. The van der Waals surface area contributed by atoms with Gasteiger partial charge >= 0.3 is 37.9 Å². The van der Waals surface area contributed by atoms with Gasteiger partial charge in [0.2, 0.25) is 0 Å². The molecule has 0 nitrogen and oxygen atoms in total. The van der Waals surface area contributed by atoms with Gasteiger partial charge in [-0.2, -0.15) is 0 Å². The van der Waals surface area contributed by atoms with Crippen molar-refractivity contribution in [1.82, 2.24) is 0 Å². The fourth-order valence-electron chi connectivity index (χ4n) is 8.09. The van der Waals surface area contributed by atoms with Crippen LogP contribution < -0.4 is 0 Å². The number of halogens is 2. The first kappa shape index (κ1) is 37.7. The summed E-state index contributed by atoms with van der Waals surface area (Å²) in [5, 5.41) is 0. The van der Waals surface area contributed by atoms with Crippen LogP contribution in [0.3, 0.4) is 0 Å². The Balaban J connectivity index is 0.00000136. The van der Waals surface area contributed by atoms with Gasteiger partial charge in [0.1, 0.15) is 0 Å². The molecule has 2 atom stereocenters. The van der Waals surface area contributed by atoms with Crippen molar-refractivity contribution < 1.29 is 20.8 Å². The van der Waals surface area contributed by atoms with Crippen molar-refractivity contribution in [1.29, 1.82) is 0 Å². The molecular weight excluding hydrogens is 807 g/mol. The molecule has 2 aliphatic carbocycles. The molecular formula is C46H42Cl2S2SiZr. The summed E-state index contributed by atoms with van der Waals surface area (Å²) in [5.41, 5.74) is 20.0. The van der Waals surface area contributed by atoms with Gasteiger partial charge in [0.25, 0.3) is 0 Å². The number of hydrogen-bond donors (Lipinski definition) is 0. The van der Waals surface area contributed by atoms with Crippen molar-refractivity contribution in [3.8, 4) is 22.3 Å². The Bertz CT molecular complexity index is 2140. The molecule has 8 rings (SSSR count). The average molecular weight is 849 g/mol. The maximum absolute atomic E-state index is 4.93. The second kappa shape index (κ2) is 16.4. The molecule has 0 spiro atoms. The molecule has 52 heavy (non-hydrogen) atoms. The van der Waals surface area contributed by atoms with E-state index in [0.717, 1.165) is 9.52 Å². The number of hydrogen-bond acceptors (Lipinski definition) is 2. The van der Waals surface area contributed by atoms with Crippen molar-refractivity contribution in [3.63, 3.8) is 0 Å². The van der Waals surface area contributed by atoms with E-state index < -0.39 is 20.8 Å². The summed E-state index contributed by atoms with van der Waals surface area (Å²) in [5.74, 6) is 0.815. The summed E-state index contributed by atoms with van der Waals surface area (Å²) in [6.07, 6.45) is 5.10. The average Bonchev–Trinajstić information content (AvgIpc) is 3.93. The first-order chi connectivity index (χ1) is 25.2. The zero-order chi connectivity index (χ0) is 36.5. The summed E-state index contributed by atoms with van der Waals surface area (Å²) < 4.78 is 0. The first-order valence-electron chi connectivity index (χ1n) is 17.8. The molecule has 0 fully saturated rings. The molecule has 6 aromatic rings. The first-order valence-corrected chi connectivity index (χ1v) is 27.2.